The van der Waals surface area contributed by atoms with Crippen LogP contribution in [0.2, 0.25) is 0 Å². The van der Waals surface area contributed by atoms with E-state index in [1.165, 1.54) is 22.3 Å². The van der Waals surface area contributed by atoms with E-state index in [0.717, 1.165) is 0 Å². The van der Waals surface area contributed by atoms with E-state index in [1.807, 2.05) is 24.3 Å². The molecule has 0 fully saturated rings. The molecule has 1 amide bonds. The molecule has 1 aliphatic carbocycles. The minimum atomic E-state index is -0.450. The number of aliphatic hydroxyl groups is 1. The normalized spacial score (nSPS) is 12.9. The highest BCUT2D eigenvalue weighted by Gasteiger charge is 2.28. The molecule has 0 heterocycles. The Morgan fingerprint density at radius 3 is 2.26 bits per heavy atom. The Morgan fingerprint density at radius 1 is 1.04 bits per heavy atom. The predicted molar refractivity (Wildman–Crippen MR) is 89.3 cm³/mol. The van der Waals surface area contributed by atoms with E-state index in [9.17, 15) is 4.79 Å². The van der Waals surface area contributed by atoms with Crippen LogP contribution in [0.25, 0.3) is 11.1 Å². The summed E-state index contributed by atoms with van der Waals surface area (Å²) in [4.78, 5) is 11.8. The summed E-state index contributed by atoms with van der Waals surface area (Å²) in [6, 6.07) is 16.5. The van der Waals surface area contributed by atoms with Gasteiger partial charge in [-0.2, -0.15) is 0 Å². The molecule has 1 aliphatic rings. The molecule has 2 aromatic rings. The molecular formula is C19H19NO3. The summed E-state index contributed by atoms with van der Waals surface area (Å²) < 4.78 is 5.37. The van der Waals surface area contributed by atoms with Gasteiger partial charge in [-0.25, -0.2) is 4.79 Å². The third-order valence-corrected chi connectivity index (χ3v) is 3.98. The quantitative estimate of drug-likeness (QED) is 0.835. The molecule has 0 radical (unpaired) electrons. The van der Waals surface area contributed by atoms with Crippen LogP contribution in [0.5, 0.6) is 0 Å². The Balaban J connectivity index is 1.69. The van der Waals surface area contributed by atoms with Gasteiger partial charge >= 0.3 is 6.09 Å². The first-order chi connectivity index (χ1) is 11.3. The number of hydrogen-bond donors (Lipinski definition) is 2. The van der Waals surface area contributed by atoms with Crippen LogP contribution in [-0.4, -0.2) is 31.0 Å². The van der Waals surface area contributed by atoms with Crippen LogP contribution < -0.4 is 5.32 Å². The van der Waals surface area contributed by atoms with Gasteiger partial charge in [0, 0.05) is 12.5 Å². The van der Waals surface area contributed by atoms with E-state index in [2.05, 4.69) is 29.6 Å². The van der Waals surface area contributed by atoms with Crippen molar-refractivity contribution in [3.05, 3.63) is 71.8 Å². The van der Waals surface area contributed by atoms with Gasteiger partial charge in [-0.05, 0) is 22.3 Å². The van der Waals surface area contributed by atoms with Crippen molar-refractivity contribution < 1.29 is 14.6 Å². The lowest BCUT2D eigenvalue weighted by molar-refractivity contribution is 0.144. The van der Waals surface area contributed by atoms with Crippen LogP contribution in [0.4, 0.5) is 4.79 Å². The summed E-state index contributed by atoms with van der Waals surface area (Å²) in [5, 5.41) is 11.3. The third kappa shape index (κ3) is 3.27. The van der Waals surface area contributed by atoms with Gasteiger partial charge in [-0.3, -0.25) is 0 Å². The standard InChI is InChI=1S/C19H19NO3/c21-12-6-5-11-20-19(22)23-13-18-16-9-3-1-7-14(16)15-8-2-4-10-17(15)18/h1-10,18,21H,11-13H2,(H,20,22)/b6-5-. The highest BCUT2D eigenvalue weighted by molar-refractivity contribution is 5.79. The average molecular weight is 309 g/mol. The fourth-order valence-electron chi connectivity index (χ4n) is 2.95. The Labute approximate surface area is 135 Å². The smallest absolute Gasteiger partial charge is 0.407 e. The summed E-state index contributed by atoms with van der Waals surface area (Å²) in [7, 11) is 0. The molecule has 2 aromatic carbocycles. The van der Waals surface area contributed by atoms with Gasteiger partial charge in [0.25, 0.3) is 0 Å². The molecule has 4 heteroatoms. The lowest BCUT2D eigenvalue weighted by Crippen LogP contribution is -2.26. The SMILES string of the molecule is O=C(NC/C=C\CO)OCC1c2ccccc2-c2ccccc21. The molecule has 4 nitrogen and oxygen atoms in total. The molecule has 0 atom stereocenters. The van der Waals surface area contributed by atoms with E-state index in [0.29, 0.717) is 13.2 Å². The Hall–Kier alpha value is -2.59. The second-order valence-corrected chi connectivity index (χ2v) is 5.36. The van der Waals surface area contributed by atoms with Crippen LogP contribution in [0, 0.1) is 0 Å². The number of benzene rings is 2. The van der Waals surface area contributed by atoms with Crippen LogP contribution in [0.3, 0.4) is 0 Å². The first kappa shape index (κ1) is 15.3. The average Bonchev–Trinajstić information content (AvgIpc) is 2.91. The van der Waals surface area contributed by atoms with Crippen molar-refractivity contribution in [1.29, 1.82) is 0 Å². The summed E-state index contributed by atoms with van der Waals surface area (Å²) in [6.45, 7) is 0.618. The van der Waals surface area contributed by atoms with Crippen molar-refractivity contribution in [2.45, 2.75) is 5.92 Å². The number of fused-ring (bicyclic) bond motifs is 3. The number of hydrogen-bond acceptors (Lipinski definition) is 3. The van der Waals surface area contributed by atoms with E-state index in [-0.39, 0.29) is 12.5 Å². The molecule has 0 saturated heterocycles. The number of alkyl carbamates (subject to hydrolysis) is 1. The van der Waals surface area contributed by atoms with Crippen molar-refractivity contribution in [3.8, 4) is 11.1 Å². The molecule has 0 aromatic heterocycles. The zero-order chi connectivity index (χ0) is 16.1. The van der Waals surface area contributed by atoms with Gasteiger partial charge in [-0.15, -0.1) is 0 Å². The van der Waals surface area contributed by atoms with Gasteiger partial charge in [0.15, 0.2) is 0 Å². The number of ether oxygens (including phenoxy) is 1. The van der Waals surface area contributed by atoms with Crippen LogP contribution in [0.15, 0.2) is 60.7 Å². The summed E-state index contributed by atoms with van der Waals surface area (Å²) >= 11 is 0. The minimum absolute atomic E-state index is 0.0353. The maximum Gasteiger partial charge on any atom is 0.407 e. The topological polar surface area (TPSA) is 58.6 Å². The molecule has 0 spiro atoms. The molecule has 0 aliphatic heterocycles. The Kier molecular flexibility index (Phi) is 4.74. The highest BCUT2D eigenvalue weighted by atomic mass is 16.5. The van der Waals surface area contributed by atoms with E-state index < -0.39 is 6.09 Å². The fraction of sp³-hybridized carbons (Fsp3) is 0.211. The first-order valence-electron chi connectivity index (χ1n) is 7.66. The summed E-state index contributed by atoms with van der Waals surface area (Å²) in [6.07, 6.45) is 2.81. The lowest BCUT2D eigenvalue weighted by Gasteiger charge is -2.14. The van der Waals surface area contributed by atoms with Gasteiger partial charge < -0.3 is 15.2 Å². The molecular weight excluding hydrogens is 290 g/mol. The highest BCUT2D eigenvalue weighted by Crippen LogP contribution is 2.44. The van der Waals surface area contributed by atoms with Crippen molar-refractivity contribution in [2.24, 2.45) is 0 Å². The molecule has 2 N–H and O–H groups in total. The van der Waals surface area contributed by atoms with Crippen molar-refractivity contribution in [1.82, 2.24) is 5.32 Å². The van der Waals surface area contributed by atoms with Gasteiger partial charge in [0.2, 0.25) is 0 Å². The minimum Gasteiger partial charge on any atom is -0.449 e. The number of nitrogens with one attached hydrogen (secondary N) is 1. The molecule has 0 unspecified atom stereocenters. The zero-order valence-corrected chi connectivity index (χ0v) is 12.7. The monoisotopic (exact) mass is 309 g/mol. The fourth-order valence-corrected chi connectivity index (χ4v) is 2.95. The lowest BCUT2D eigenvalue weighted by atomic mass is 9.98. The number of amides is 1. The first-order valence-corrected chi connectivity index (χ1v) is 7.66. The molecule has 0 bridgehead atoms. The van der Waals surface area contributed by atoms with Gasteiger partial charge in [0.1, 0.15) is 6.61 Å². The van der Waals surface area contributed by atoms with Gasteiger partial charge in [0.05, 0.1) is 6.61 Å². The third-order valence-electron chi connectivity index (χ3n) is 3.98. The summed E-state index contributed by atoms with van der Waals surface area (Å²) in [5.41, 5.74) is 4.81. The van der Waals surface area contributed by atoms with Crippen molar-refractivity contribution in [2.75, 3.05) is 19.8 Å². The second-order valence-electron chi connectivity index (χ2n) is 5.36. The van der Waals surface area contributed by atoms with E-state index in [1.54, 1.807) is 12.2 Å². The second kappa shape index (κ2) is 7.11. The molecule has 23 heavy (non-hydrogen) atoms. The number of rotatable bonds is 5. The molecule has 3 rings (SSSR count). The van der Waals surface area contributed by atoms with Crippen LogP contribution >= 0.6 is 0 Å². The molecule has 118 valence electrons. The molecule has 0 saturated carbocycles. The van der Waals surface area contributed by atoms with Crippen LogP contribution in [0.1, 0.15) is 17.0 Å². The number of carbonyl (C=O) groups is 1. The van der Waals surface area contributed by atoms with Crippen molar-refractivity contribution in [3.63, 3.8) is 0 Å². The Morgan fingerprint density at radius 2 is 1.65 bits per heavy atom. The van der Waals surface area contributed by atoms with E-state index >= 15 is 0 Å². The number of carbonyl (C=O) groups excluding carboxylic acids is 1. The predicted octanol–water partition coefficient (Wildman–Crippen LogP) is 3.07. The zero-order valence-electron chi connectivity index (χ0n) is 12.7. The van der Waals surface area contributed by atoms with Crippen molar-refractivity contribution >= 4 is 6.09 Å². The Bertz CT molecular complexity index is 679. The van der Waals surface area contributed by atoms with Gasteiger partial charge in [-0.1, -0.05) is 60.7 Å². The number of aliphatic hydroxyl groups excluding tert-OH is 1. The maximum absolute atomic E-state index is 11.8. The maximum atomic E-state index is 11.8. The van der Waals surface area contributed by atoms with E-state index in [4.69, 9.17) is 9.84 Å². The largest absolute Gasteiger partial charge is 0.449 e. The van der Waals surface area contributed by atoms with Crippen LogP contribution in [-0.2, 0) is 4.74 Å². The summed E-state index contributed by atoms with van der Waals surface area (Å²) in [5.74, 6) is 0.0705.